The van der Waals surface area contributed by atoms with Crippen LogP contribution >= 0.6 is 15.9 Å². The van der Waals surface area contributed by atoms with Crippen LogP contribution in [0, 0.1) is 11.6 Å². The highest BCUT2D eigenvalue weighted by atomic mass is 79.9. The maximum Gasteiger partial charge on any atom is 0.204 e. The van der Waals surface area contributed by atoms with E-state index in [1.165, 1.54) is 12.3 Å². The molecule has 15 heavy (non-hydrogen) atoms. The van der Waals surface area contributed by atoms with Crippen molar-refractivity contribution in [1.82, 2.24) is 9.97 Å². The van der Waals surface area contributed by atoms with Crippen LogP contribution in [0.4, 0.5) is 20.4 Å². The molecule has 0 amide bonds. The lowest BCUT2D eigenvalue weighted by atomic mass is 10.3. The minimum absolute atomic E-state index is 0.151. The number of benzene rings is 1. The molecular weight excluding hydrogens is 268 g/mol. The van der Waals surface area contributed by atoms with Crippen molar-refractivity contribution in [2.75, 3.05) is 5.32 Å². The van der Waals surface area contributed by atoms with E-state index in [0.29, 0.717) is 5.95 Å². The molecule has 0 fully saturated rings. The third kappa shape index (κ3) is 2.15. The van der Waals surface area contributed by atoms with Crippen molar-refractivity contribution in [3.05, 3.63) is 40.6 Å². The predicted molar refractivity (Wildman–Crippen MR) is 55.9 cm³/mol. The molecule has 78 valence electrons. The van der Waals surface area contributed by atoms with Crippen molar-refractivity contribution in [2.24, 2.45) is 0 Å². The molecule has 0 bridgehead atoms. The first-order valence-corrected chi connectivity index (χ1v) is 4.87. The number of halogens is 3. The summed E-state index contributed by atoms with van der Waals surface area (Å²) in [6.45, 7) is 0. The van der Waals surface area contributed by atoms with Crippen LogP contribution in [0.2, 0.25) is 0 Å². The summed E-state index contributed by atoms with van der Waals surface area (Å²) in [6, 6.07) is 2.11. The summed E-state index contributed by atoms with van der Waals surface area (Å²) in [6.07, 6.45) is 3.12. The number of anilines is 2. The van der Waals surface area contributed by atoms with Crippen molar-refractivity contribution in [1.29, 1.82) is 0 Å². The molecule has 6 heteroatoms. The second kappa shape index (κ2) is 3.98. The molecule has 0 atom stereocenters. The predicted octanol–water partition coefficient (Wildman–Crippen LogP) is 3.19. The number of nitrogens with one attached hydrogen (secondary N) is 2. The Balaban J connectivity index is 2.33. The van der Waals surface area contributed by atoms with Crippen LogP contribution in [0.5, 0.6) is 0 Å². The monoisotopic (exact) mass is 273 g/mol. The maximum atomic E-state index is 13.3. The summed E-state index contributed by atoms with van der Waals surface area (Å²) in [4.78, 5) is 6.61. The summed E-state index contributed by atoms with van der Waals surface area (Å²) in [5, 5.41) is 2.68. The van der Waals surface area contributed by atoms with Gasteiger partial charge in [0.2, 0.25) is 5.95 Å². The van der Waals surface area contributed by atoms with Gasteiger partial charge >= 0.3 is 0 Å². The van der Waals surface area contributed by atoms with Crippen LogP contribution in [0.15, 0.2) is 29.0 Å². The van der Waals surface area contributed by atoms with E-state index >= 15 is 0 Å². The highest BCUT2D eigenvalue weighted by Gasteiger charge is 2.08. The van der Waals surface area contributed by atoms with Gasteiger partial charge in [-0.1, -0.05) is 0 Å². The SMILES string of the molecule is Fc1cc(F)c(Nc2ncc[nH]2)cc1Br. The number of H-pyrrole nitrogens is 1. The lowest BCUT2D eigenvalue weighted by Gasteiger charge is -2.05. The van der Waals surface area contributed by atoms with Gasteiger partial charge in [-0.3, -0.25) is 0 Å². The van der Waals surface area contributed by atoms with Crippen LogP contribution in [-0.2, 0) is 0 Å². The zero-order valence-corrected chi connectivity index (χ0v) is 8.98. The van der Waals surface area contributed by atoms with Gasteiger partial charge < -0.3 is 10.3 Å². The van der Waals surface area contributed by atoms with Crippen LogP contribution in [0.3, 0.4) is 0 Å². The number of aromatic nitrogens is 2. The maximum absolute atomic E-state index is 13.3. The average molecular weight is 274 g/mol. The van der Waals surface area contributed by atoms with E-state index in [1.807, 2.05) is 0 Å². The molecule has 0 aliphatic carbocycles. The molecule has 0 aliphatic rings. The third-order valence-corrected chi connectivity index (χ3v) is 2.37. The van der Waals surface area contributed by atoms with Crippen LogP contribution < -0.4 is 5.32 Å². The van der Waals surface area contributed by atoms with E-state index in [9.17, 15) is 8.78 Å². The van der Waals surface area contributed by atoms with Gasteiger partial charge in [0.1, 0.15) is 11.6 Å². The minimum atomic E-state index is -0.674. The molecule has 2 aromatic rings. The lowest BCUT2D eigenvalue weighted by Crippen LogP contribution is -1.96. The average Bonchev–Trinajstić information content (AvgIpc) is 2.67. The van der Waals surface area contributed by atoms with Gasteiger partial charge in [-0.15, -0.1) is 0 Å². The quantitative estimate of drug-likeness (QED) is 0.825. The Morgan fingerprint density at radius 3 is 2.73 bits per heavy atom. The van der Waals surface area contributed by atoms with Gasteiger partial charge in [0.05, 0.1) is 10.2 Å². The minimum Gasteiger partial charge on any atom is -0.331 e. The van der Waals surface area contributed by atoms with Crippen molar-refractivity contribution in [3.8, 4) is 0 Å². The van der Waals surface area contributed by atoms with Gasteiger partial charge in [0, 0.05) is 18.5 Å². The van der Waals surface area contributed by atoms with E-state index in [-0.39, 0.29) is 10.2 Å². The van der Waals surface area contributed by atoms with Crippen molar-refractivity contribution >= 4 is 27.6 Å². The Morgan fingerprint density at radius 2 is 2.07 bits per heavy atom. The molecule has 0 saturated heterocycles. The van der Waals surface area contributed by atoms with E-state index in [1.54, 1.807) is 6.20 Å². The third-order valence-electron chi connectivity index (χ3n) is 1.76. The van der Waals surface area contributed by atoms with Crippen molar-refractivity contribution in [3.63, 3.8) is 0 Å². The molecule has 1 aromatic heterocycles. The number of hydrogen-bond acceptors (Lipinski definition) is 2. The zero-order valence-electron chi connectivity index (χ0n) is 7.39. The summed E-state index contributed by atoms with van der Waals surface area (Å²) in [5.41, 5.74) is 0.151. The molecule has 0 radical (unpaired) electrons. The first-order valence-electron chi connectivity index (χ1n) is 4.08. The van der Waals surface area contributed by atoms with Gasteiger partial charge in [0.25, 0.3) is 0 Å². The normalized spacial score (nSPS) is 10.3. The molecule has 1 aromatic carbocycles. The van der Waals surface area contributed by atoms with Gasteiger partial charge in [-0.25, -0.2) is 13.8 Å². The standard InChI is InChI=1S/C9H6BrF2N3/c10-5-3-8(7(12)4-6(5)11)15-9-13-1-2-14-9/h1-4H,(H2,13,14,15). The smallest absolute Gasteiger partial charge is 0.204 e. The largest absolute Gasteiger partial charge is 0.331 e. The molecule has 2 rings (SSSR count). The Kier molecular flexibility index (Phi) is 2.68. The highest BCUT2D eigenvalue weighted by molar-refractivity contribution is 9.10. The Bertz CT molecular complexity index is 470. The van der Waals surface area contributed by atoms with Gasteiger partial charge in [-0.05, 0) is 22.0 Å². The van der Waals surface area contributed by atoms with Crippen molar-refractivity contribution in [2.45, 2.75) is 0 Å². The second-order valence-electron chi connectivity index (χ2n) is 2.81. The number of rotatable bonds is 2. The summed E-state index contributed by atoms with van der Waals surface area (Å²) < 4.78 is 26.4. The zero-order chi connectivity index (χ0) is 10.8. The van der Waals surface area contributed by atoms with Gasteiger partial charge in [0.15, 0.2) is 0 Å². The molecule has 1 heterocycles. The lowest BCUT2D eigenvalue weighted by molar-refractivity contribution is 0.581. The van der Waals surface area contributed by atoms with Crippen LogP contribution in [0.25, 0.3) is 0 Å². The topological polar surface area (TPSA) is 40.7 Å². The first-order chi connectivity index (χ1) is 7.16. The molecule has 0 saturated carbocycles. The molecule has 0 unspecified atom stereocenters. The molecule has 0 aliphatic heterocycles. The molecule has 3 nitrogen and oxygen atoms in total. The fourth-order valence-electron chi connectivity index (χ4n) is 1.08. The van der Waals surface area contributed by atoms with E-state index < -0.39 is 11.6 Å². The number of imidazole rings is 1. The molecule has 0 spiro atoms. The Morgan fingerprint density at radius 1 is 1.27 bits per heavy atom. The number of nitrogens with zero attached hydrogens (tertiary/aromatic N) is 1. The van der Waals surface area contributed by atoms with E-state index in [2.05, 4.69) is 31.2 Å². The number of hydrogen-bond donors (Lipinski definition) is 2. The number of aromatic amines is 1. The summed E-state index contributed by atoms with van der Waals surface area (Å²) in [7, 11) is 0. The van der Waals surface area contributed by atoms with E-state index in [0.717, 1.165) is 6.07 Å². The van der Waals surface area contributed by atoms with Crippen LogP contribution in [0.1, 0.15) is 0 Å². The van der Waals surface area contributed by atoms with E-state index in [4.69, 9.17) is 0 Å². The fourth-order valence-corrected chi connectivity index (χ4v) is 1.42. The molecular formula is C9H6BrF2N3. The van der Waals surface area contributed by atoms with Crippen molar-refractivity contribution < 1.29 is 8.78 Å². The van der Waals surface area contributed by atoms with Gasteiger partial charge in [-0.2, -0.15) is 0 Å². The summed E-state index contributed by atoms with van der Waals surface area (Å²) in [5.74, 6) is -0.919. The molecule has 2 N–H and O–H groups in total. The highest BCUT2D eigenvalue weighted by Crippen LogP contribution is 2.25. The second-order valence-corrected chi connectivity index (χ2v) is 3.66. The first kappa shape index (κ1) is 10.1. The fraction of sp³-hybridized carbons (Fsp3) is 0. The summed E-state index contributed by atoms with van der Waals surface area (Å²) >= 11 is 2.97. The Hall–Kier alpha value is -1.43. The van der Waals surface area contributed by atoms with Crippen LogP contribution in [-0.4, -0.2) is 9.97 Å². The Labute approximate surface area is 92.7 Å².